The van der Waals surface area contributed by atoms with Gasteiger partial charge < -0.3 is 18.9 Å². The van der Waals surface area contributed by atoms with E-state index in [1.54, 1.807) is 0 Å². The van der Waals surface area contributed by atoms with Crippen LogP contribution in [0, 0.1) is 0 Å². The van der Waals surface area contributed by atoms with Crippen molar-refractivity contribution in [1.29, 1.82) is 0 Å². The summed E-state index contributed by atoms with van der Waals surface area (Å²) in [4.78, 5) is 44.1. The summed E-state index contributed by atoms with van der Waals surface area (Å²) in [5.74, 6) is -1.12. The van der Waals surface area contributed by atoms with E-state index in [0.29, 0.717) is 12.8 Å². The molecule has 0 spiro atoms. The molecular weight excluding hydrogens is 594 g/mol. The zero-order chi connectivity index (χ0) is 28.7. The van der Waals surface area contributed by atoms with Gasteiger partial charge in [0.05, 0.1) is 11.5 Å². The molecule has 8 nitrogen and oxygen atoms in total. The molecule has 0 unspecified atom stereocenters. The van der Waals surface area contributed by atoms with E-state index in [9.17, 15) is 19.2 Å². The predicted octanol–water partition coefficient (Wildman–Crippen LogP) is 6.28. The Bertz CT molecular complexity index is 544. The predicted molar refractivity (Wildman–Crippen MR) is 157 cm³/mol. The second kappa shape index (κ2) is 35.2. The molecule has 0 aromatic heterocycles. The van der Waals surface area contributed by atoms with Crippen LogP contribution < -0.4 is 0 Å². The van der Waals surface area contributed by atoms with Crippen molar-refractivity contribution < 1.29 is 57.6 Å². The van der Waals surface area contributed by atoms with Crippen molar-refractivity contribution in [3.05, 3.63) is 0 Å². The summed E-state index contributed by atoms with van der Waals surface area (Å²) in [5, 5.41) is 0. The fourth-order valence-electron chi connectivity index (χ4n) is 3.31. The number of thiol groups is 2. The van der Waals surface area contributed by atoms with Crippen LogP contribution in [0.5, 0.6) is 0 Å². The molecule has 0 heterocycles. The van der Waals surface area contributed by atoms with E-state index in [1.165, 1.54) is 64.2 Å². The number of carbonyl (C=O) groups excluding carboxylic acids is 4. The molecule has 0 aromatic rings. The van der Waals surface area contributed by atoms with Crippen LogP contribution in [0.25, 0.3) is 0 Å². The van der Waals surface area contributed by atoms with Crippen molar-refractivity contribution in [2.75, 3.05) is 37.9 Å². The summed E-state index contributed by atoms with van der Waals surface area (Å²) in [6, 6.07) is 0. The van der Waals surface area contributed by atoms with Crippen LogP contribution in [0.15, 0.2) is 0 Å². The molecule has 0 rings (SSSR count). The van der Waals surface area contributed by atoms with Crippen LogP contribution in [0.4, 0.5) is 0 Å². The Morgan fingerprint density at radius 2 is 0.692 bits per heavy atom. The Morgan fingerprint density at radius 3 is 0.974 bits per heavy atom. The molecule has 0 saturated carbocycles. The third-order valence-corrected chi connectivity index (χ3v) is 5.96. The van der Waals surface area contributed by atoms with E-state index in [0.717, 1.165) is 25.7 Å². The van der Waals surface area contributed by atoms with Gasteiger partial charge in [0.25, 0.3) is 0 Å². The van der Waals surface area contributed by atoms with E-state index in [1.807, 2.05) is 0 Å². The van der Waals surface area contributed by atoms with E-state index in [4.69, 9.17) is 18.9 Å². The van der Waals surface area contributed by atoms with Gasteiger partial charge in [0.2, 0.25) is 0 Å². The van der Waals surface area contributed by atoms with Gasteiger partial charge in [0.1, 0.15) is 26.4 Å². The zero-order valence-corrected chi connectivity index (χ0v) is 29.2. The third-order valence-electron chi connectivity index (χ3n) is 5.45. The average molecular weight is 646 g/mol. The number of unbranched alkanes of at least 4 members (excludes halogenated alkanes) is 12. The molecule has 11 heteroatoms. The SMILES string of the molecule is CCCCCCCCCC(=O)OCCOC(=O)CS.CCCCCCCCCC(=O)OCCOC(=O)CS.[Zn]. The first-order valence-electron chi connectivity index (χ1n) is 14.2. The summed E-state index contributed by atoms with van der Waals surface area (Å²) in [6.07, 6.45) is 17.4. The van der Waals surface area contributed by atoms with Gasteiger partial charge in [-0.3, -0.25) is 19.2 Å². The number of rotatable bonds is 24. The second-order valence-electron chi connectivity index (χ2n) is 8.94. The van der Waals surface area contributed by atoms with Crippen molar-refractivity contribution in [1.82, 2.24) is 0 Å². The Hall–Kier alpha value is -0.797. The molecule has 0 saturated heterocycles. The molecule has 0 atom stereocenters. The summed E-state index contributed by atoms with van der Waals surface area (Å²) >= 11 is 7.53. The quantitative estimate of drug-likeness (QED) is 0.0415. The summed E-state index contributed by atoms with van der Waals surface area (Å²) in [7, 11) is 0. The minimum Gasteiger partial charge on any atom is -0.462 e. The Kier molecular flexibility index (Phi) is 38.5. The zero-order valence-electron chi connectivity index (χ0n) is 24.4. The largest absolute Gasteiger partial charge is 0.462 e. The van der Waals surface area contributed by atoms with Gasteiger partial charge in [-0.2, -0.15) is 25.3 Å². The second-order valence-corrected chi connectivity index (χ2v) is 9.57. The first-order chi connectivity index (χ1) is 18.4. The van der Waals surface area contributed by atoms with E-state index >= 15 is 0 Å². The number of esters is 4. The first-order valence-corrected chi connectivity index (χ1v) is 15.5. The minimum atomic E-state index is -0.397. The summed E-state index contributed by atoms with van der Waals surface area (Å²) in [6.45, 7) is 4.89. The maximum absolute atomic E-state index is 11.3. The molecular formula is C28H52O8S2Zn. The number of hydrogen-bond donors (Lipinski definition) is 2. The van der Waals surface area contributed by atoms with Gasteiger partial charge in [0.15, 0.2) is 0 Å². The third kappa shape index (κ3) is 37.2. The summed E-state index contributed by atoms with van der Waals surface area (Å²) < 4.78 is 19.3. The van der Waals surface area contributed by atoms with Crippen molar-refractivity contribution in [3.63, 3.8) is 0 Å². The fourth-order valence-corrected chi connectivity index (χ4v) is 3.49. The maximum Gasteiger partial charge on any atom is 0.315 e. The van der Waals surface area contributed by atoms with Crippen molar-refractivity contribution >= 4 is 49.1 Å². The van der Waals surface area contributed by atoms with E-state index in [-0.39, 0.29) is 69.3 Å². The van der Waals surface area contributed by atoms with Gasteiger partial charge in [-0.25, -0.2) is 0 Å². The molecule has 0 N–H and O–H groups in total. The first kappa shape index (κ1) is 42.7. The monoisotopic (exact) mass is 644 g/mol. The van der Waals surface area contributed by atoms with Gasteiger partial charge in [-0.1, -0.05) is 90.9 Å². The van der Waals surface area contributed by atoms with Crippen LogP contribution in [0.1, 0.15) is 117 Å². The van der Waals surface area contributed by atoms with Crippen LogP contribution in [0.2, 0.25) is 0 Å². The Labute approximate surface area is 260 Å². The van der Waals surface area contributed by atoms with E-state index < -0.39 is 11.9 Å². The van der Waals surface area contributed by atoms with Gasteiger partial charge in [0, 0.05) is 32.3 Å². The molecule has 39 heavy (non-hydrogen) atoms. The normalized spacial score (nSPS) is 9.95. The van der Waals surface area contributed by atoms with Crippen LogP contribution in [0.3, 0.4) is 0 Å². The van der Waals surface area contributed by atoms with Crippen molar-refractivity contribution in [3.8, 4) is 0 Å². The maximum atomic E-state index is 11.3. The molecule has 0 aromatic carbocycles. The minimum absolute atomic E-state index is 0. The number of hydrogen-bond acceptors (Lipinski definition) is 10. The molecule has 0 radical (unpaired) electrons. The molecule has 0 aliphatic rings. The Morgan fingerprint density at radius 1 is 0.436 bits per heavy atom. The molecule has 0 amide bonds. The molecule has 0 fully saturated rings. The van der Waals surface area contributed by atoms with Gasteiger partial charge in [-0.15, -0.1) is 0 Å². The van der Waals surface area contributed by atoms with Crippen LogP contribution in [-0.4, -0.2) is 61.8 Å². The van der Waals surface area contributed by atoms with E-state index in [2.05, 4.69) is 39.1 Å². The smallest absolute Gasteiger partial charge is 0.315 e. The van der Waals surface area contributed by atoms with Gasteiger partial charge >= 0.3 is 23.9 Å². The fraction of sp³-hybridized carbons (Fsp3) is 0.857. The van der Waals surface area contributed by atoms with Crippen LogP contribution in [-0.2, 0) is 57.6 Å². The standard InChI is InChI=1S/2C14H26O4S.Zn/c2*1-2-3-4-5-6-7-8-9-13(15)17-10-11-18-14(16)12-19;/h2*19H,2-12H2,1H3;. The summed E-state index contributed by atoms with van der Waals surface area (Å²) in [5.41, 5.74) is 0. The topological polar surface area (TPSA) is 105 Å². The molecule has 0 aliphatic heterocycles. The Balaban J connectivity index is -0.000000648. The number of carbonyl (C=O) groups is 4. The van der Waals surface area contributed by atoms with Gasteiger partial charge in [-0.05, 0) is 12.8 Å². The van der Waals surface area contributed by atoms with Crippen molar-refractivity contribution in [2.45, 2.75) is 117 Å². The molecule has 0 bridgehead atoms. The van der Waals surface area contributed by atoms with Crippen LogP contribution >= 0.6 is 25.3 Å². The average Bonchev–Trinajstić information content (AvgIpc) is 2.92. The number of ether oxygens (including phenoxy) is 4. The molecule has 0 aliphatic carbocycles. The van der Waals surface area contributed by atoms with Crippen molar-refractivity contribution in [2.24, 2.45) is 0 Å². The molecule has 226 valence electrons.